The Morgan fingerprint density at radius 3 is 2.57 bits per heavy atom. The van der Waals surface area contributed by atoms with E-state index in [4.69, 9.17) is 0 Å². The molecule has 3 aromatic rings. The number of nitrogens with one attached hydrogen (secondary N) is 1. The van der Waals surface area contributed by atoms with E-state index in [1.54, 1.807) is 22.9 Å². The first kappa shape index (κ1) is 20.5. The Kier molecular flexibility index (Phi) is 5.32. The molecule has 2 N–H and O–H groups in total. The van der Waals surface area contributed by atoms with Gasteiger partial charge < -0.3 is 10.4 Å². The summed E-state index contributed by atoms with van der Waals surface area (Å²) in [5, 5.41) is 18.6. The van der Waals surface area contributed by atoms with Gasteiger partial charge in [-0.2, -0.15) is 5.10 Å². The zero-order valence-electron chi connectivity index (χ0n) is 17.5. The van der Waals surface area contributed by atoms with Gasteiger partial charge in [-0.15, -0.1) is 0 Å². The van der Waals surface area contributed by atoms with Gasteiger partial charge in [0.2, 0.25) is 0 Å². The number of hydrogen-bond donors (Lipinski definition) is 2. The van der Waals surface area contributed by atoms with E-state index >= 15 is 0 Å². The number of nitrogens with zero attached hydrogens (tertiary/aromatic N) is 3. The molecule has 1 aromatic carbocycles. The Balaban J connectivity index is 1.46. The van der Waals surface area contributed by atoms with E-state index in [0.29, 0.717) is 16.9 Å². The summed E-state index contributed by atoms with van der Waals surface area (Å²) < 4.78 is 15.3. The Morgan fingerprint density at radius 1 is 1.20 bits per heavy atom. The normalized spacial score (nSPS) is 19.8. The predicted molar refractivity (Wildman–Crippen MR) is 113 cm³/mol. The molecule has 1 amide bonds. The number of hydrogen-bond acceptors (Lipinski definition) is 4. The van der Waals surface area contributed by atoms with Crippen molar-refractivity contribution in [3.05, 3.63) is 53.6 Å². The molecule has 7 heteroatoms. The van der Waals surface area contributed by atoms with Crippen molar-refractivity contribution < 1.29 is 14.3 Å². The van der Waals surface area contributed by atoms with Gasteiger partial charge in [-0.25, -0.2) is 14.1 Å². The molecule has 2 aromatic heterocycles. The molecule has 0 unspecified atom stereocenters. The Labute approximate surface area is 175 Å². The first-order valence-corrected chi connectivity index (χ1v) is 10.4. The molecule has 2 heterocycles. The summed E-state index contributed by atoms with van der Waals surface area (Å²) in [6.07, 6.45) is 5.03. The van der Waals surface area contributed by atoms with Gasteiger partial charge in [0, 0.05) is 23.7 Å². The van der Waals surface area contributed by atoms with E-state index < -0.39 is 5.60 Å². The number of aromatic nitrogens is 3. The quantitative estimate of drug-likeness (QED) is 0.683. The number of pyridine rings is 1. The second kappa shape index (κ2) is 7.80. The average molecular weight is 410 g/mol. The lowest BCUT2D eigenvalue weighted by atomic mass is 9.77. The van der Waals surface area contributed by atoms with Gasteiger partial charge in [0.1, 0.15) is 5.82 Å². The van der Waals surface area contributed by atoms with E-state index in [1.807, 2.05) is 20.8 Å². The molecule has 0 spiro atoms. The zero-order chi connectivity index (χ0) is 21.5. The van der Waals surface area contributed by atoms with Gasteiger partial charge in [0.15, 0.2) is 5.82 Å². The standard InChI is InChI=1S/C23H27FN4O2/c1-14-19-10-7-17(24)12-20(19)28(27-14)21-11-4-15(13-25-21)22(29)26-18-8-5-16(6-9-18)23(2,3)30/h4,7,10-13,16,18,30H,5-6,8-9H2,1-3H3,(H,26,29). The fourth-order valence-electron chi connectivity index (χ4n) is 4.28. The van der Waals surface area contributed by atoms with Crippen LogP contribution in [0.1, 0.15) is 55.6 Å². The molecule has 0 radical (unpaired) electrons. The topological polar surface area (TPSA) is 80.0 Å². The van der Waals surface area contributed by atoms with Crippen molar-refractivity contribution in [3.63, 3.8) is 0 Å². The fraction of sp³-hybridized carbons (Fsp3) is 0.435. The Hall–Kier alpha value is -2.80. The third kappa shape index (κ3) is 4.07. The SMILES string of the molecule is Cc1nn(-c2ccc(C(=O)NC3CCC(C(C)(C)O)CC3)cn2)c2cc(F)ccc12. The summed E-state index contributed by atoms with van der Waals surface area (Å²) in [6, 6.07) is 8.09. The zero-order valence-corrected chi connectivity index (χ0v) is 17.5. The van der Waals surface area contributed by atoms with Crippen LogP contribution >= 0.6 is 0 Å². The average Bonchev–Trinajstić information content (AvgIpc) is 3.03. The monoisotopic (exact) mass is 410 g/mol. The van der Waals surface area contributed by atoms with Crippen LogP contribution in [0.5, 0.6) is 0 Å². The van der Waals surface area contributed by atoms with E-state index in [-0.39, 0.29) is 23.7 Å². The molecule has 1 aliphatic carbocycles. The molecule has 0 bridgehead atoms. The minimum atomic E-state index is -0.674. The van der Waals surface area contributed by atoms with Crippen molar-refractivity contribution in [1.29, 1.82) is 0 Å². The highest BCUT2D eigenvalue weighted by molar-refractivity contribution is 5.94. The minimum Gasteiger partial charge on any atom is -0.390 e. The maximum absolute atomic E-state index is 13.7. The highest BCUT2D eigenvalue weighted by Gasteiger charge is 2.31. The first-order chi connectivity index (χ1) is 14.2. The maximum Gasteiger partial charge on any atom is 0.253 e. The van der Waals surface area contributed by atoms with Crippen molar-refractivity contribution in [1.82, 2.24) is 20.1 Å². The molecule has 1 aliphatic rings. The van der Waals surface area contributed by atoms with Crippen molar-refractivity contribution in [3.8, 4) is 5.82 Å². The molecule has 0 saturated heterocycles. The number of benzene rings is 1. The van der Waals surface area contributed by atoms with Gasteiger partial charge in [-0.05, 0) is 76.6 Å². The summed E-state index contributed by atoms with van der Waals surface area (Å²) in [5.41, 5.74) is 1.23. The lowest BCUT2D eigenvalue weighted by Gasteiger charge is -2.36. The van der Waals surface area contributed by atoms with Crippen molar-refractivity contribution >= 4 is 16.8 Å². The first-order valence-electron chi connectivity index (χ1n) is 10.4. The molecule has 0 atom stereocenters. The van der Waals surface area contributed by atoms with Crippen LogP contribution in [0.25, 0.3) is 16.7 Å². The van der Waals surface area contributed by atoms with Gasteiger partial charge in [0.25, 0.3) is 5.91 Å². The Morgan fingerprint density at radius 2 is 1.93 bits per heavy atom. The maximum atomic E-state index is 13.7. The summed E-state index contributed by atoms with van der Waals surface area (Å²) in [4.78, 5) is 17.0. The third-order valence-corrected chi connectivity index (χ3v) is 6.12. The molecule has 1 fully saturated rings. The Bertz CT molecular complexity index is 1060. The fourth-order valence-corrected chi connectivity index (χ4v) is 4.28. The number of halogens is 1. The van der Waals surface area contributed by atoms with Crippen LogP contribution in [-0.2, 0) is 0 Å². The van der Waals surface area contributed by atoms with Gasteiger partial charge in [0.05, 0.1) is 22.4 Å². The van der Waals surface area contributed by atoms with Gasteiger partial charge >= 0.3 is 0 Å². The van der Waals surface area contributed by atoms with Crippen LogP contribution in [0.15, 0.2) is 36.5 Å². The molecule has 6 nitrogen and oxygen atoms in total. The minimum absolute atomic E-state index is 0.108. The van der Waals surface area contributed by atoms with Crippen LogP contribution in [0.4, 0.5) is 4.39 Å². The molecule has 158 valence electrons. The summed E-state index contributed by atoms with van der Waals surface area (Å²) in [5.74, 6) is 0.303. The van der Waals surface area contributed by atoms with Crippen LogP contribution < -0.4 is 5.32 Å². The van der Waals surface area contributed by atoms with Crippen LogP contribution in [-0.4, -0.2) is 37.4 Å². The van der Waals surface area contributed by atoms with Crippen molar-refractivity contribution in [2.45, 2.75) is 58.1 Å². The molecule has 1 saturated carbocycles. The lowest BCUT2D eigenvalue weighted by molar-refractivity contribution is -0.00257. The number of carbonyl (C=O) groups excluding carboxylic acids is 1. The third-order valence-electron chi connectivity index (χ3n) is 6.12. The van der Waals surface area contributed by atoms with E-state index in [1.165, 1.54) is 18.3 Å². The molecule has 4 rings (SSSR count). The molecule has 0 aliphatic heterocycles. The predicted octanol–water partition coefficient (Wildman–Crippen LogP) is 3.93. The summed E-state index contributed by atoms with van der Waals surface area (Å²) in [7, 11) is 0. The van der Waals surface area contributed by atoms with E-state index in [0.717, 1.165) is 36.8 Å². The second-order valence-electron chi connectivity index (χ2n) is 8.74. The number of aliphatic hydroxyl groups is 1. The van der Waals surface area contributed by atoms with E-state index in [2.05, 4.69) is 15.4 Å². The number of rotatable bonds is 4. The van der Waals surface area contributed by atoms with Gasteiger partial charge in [-0.3, -0.25) is 4.79 Å². The highest BCUT2D eigenvalue weighted by Crippen LogP contribution is 2.32. The van der Waals surface area contributed by atoms with Crippen molar-refractivity contribution in [2.75, 3.05) is 0 Å². The number of amides is 1. The molecular formula is C23H27FN4O2. The number of fused-ring (bicyclic) bond motifs is 1. The van der Waals surface area contributed by atoms with E-state index in [9.17, 15) is 14.3 Å². The molecule has 30 heavy (non-hydrogen) atoms. The summed E-state index contributed by atoms with van der Waals surface area (Å²) >= 11 is 0. The van der Waals surface area contributed by atoms with Gasteiger partial charge in [-0.1, -0.05) is 0 Å². The lowest BCUT2D eigenvalue weighted by Crippen LogP contribution is -2.41. The van der Waals surface area contributed by atoms with Crippen LogP contribution in [0.2, 0.25) is 0 Å². The van der Waals surface area contributed by atoms with Crippen LogP contribution in [0.3, 0.4) is 0 Å². The number of carbonyl (C=O) groups is 1. The highest BCUT2D eigenvalue weighted by atomic mass is 19.1. The number of aryl methyl sites for hydroxylation is 1. The summed E-state index contributed by atoms with van der Waals surface area (Å²) in [6.45, 7) is 5.57. The largest absolute Gasteiger partial charge is 0.390 e. The van der Waals surface area contributed by atoms with Crippen LogP contribution in [0, 0.1) is 18.7 Å². The molecular weight excluding hydrogens is 383 g/mol. The smallest absolute Gasteiger partial charge is 0.253 e. The van der Waals surface area contributed by atoms with Crippen molar-refractivity contribution in [2.24, 2.45) is 5.92 Å². The second-order valence-corrected chi connectivity index (χ2v) is 8.74.